The molecule has 0 atom stereocenters. The quantitative estimate of drug-likeness (QED) is 0.519. The molecule has 0 spiro atoms. The second-order valence-electron chi connectivity index (χ2n) is 6.77. The zero-order chi connectivity index (χ0) is 22.4. The van der Waals surface area contributed by atoms with Crippen molar-refractivity contribution in [2.75, 3.05) is 30.3 Å². The lowest BCUT2D eigenvalue weighted by Crippen LogP contribution is -2.30. The number of rotatable bonds is 9. The molecule has 164 valence electrons. The highest BCUT2D eigenvalue weighted by Crippen LogP contribution is 2.19. The topological polar surface area (TPSA) is 122 Å². The zero-order valence-electron chi connectivity index (χ0n) is 17.6. The van der Waals surface area contributed by atoms with Crippen molar-refractivity contribution < 1.29 is 13.2 Å². The summed E-state index contributed by atoms with van der Waals surface area (Å²) >= 11 is 0. The number of anilines is 2. The van der Waals surface area contributed by atoms with E-state index in [1.54, 1.807) is 30.7 Å². The first-order valence-corrected chi connectivity index (χ1v) is 11.3. The van der Waals surface area contributed by atoms with Crippen molar-refractivity contribution in [1.29, 1.82) is 0 Å². The van der Waals surface area contributed by atoms with E-state index in [9.17, 15) is 13.2 Å². The number of carbonyl (C=O) groups excluding carboxylic acids is 1. The van der Waals surface area contributed by atoms with Crippen LogP contribution in [0.5, 0.6) is 0 Å². The lowest BCUT2D eigenvalue weighted by molar-refractivity contribution is -0.114. The number of benzene rings is 2. The summed E-state index contributed by atoms with van der Waals surface area (Å²) in [6, 6.07) is 11.8. The molecule has 0 bridgehead atoms. The van der Waals surface area contributed by atoms with Gasteiger partial charge in [-0.3, -0.25) is 4.79 Å². The van der Waals surface area contributed by atoms with Crippen LogP contribution in [-0.2, 0) is 14.8 Å². The summed E-state index contributed by atoms with van der Waals surface area (Å²) in [6.45, 7) is 6.38. The Balaban J connectivity index is 1.58. The highest BCUT2D eigenvalue weighted by Gasteiger charge is 2.21. The fraction of sp³-hybridized carbons (Fsp3) is 0.300. The lowest BCUT2D eigenvalue weighted by Gasteiger charge is -2.18. The average Bonchev–Trinajstić information content (AvgIpc) is 3.28. The normalized spacial score (nSPS) is 11.5. The molecular formula is C20H25N7O3S. The van der Waals surface area contributed by atoms with Crippen molar-refractivity contribution in [3.05, 3.63) is 54.4 Å². The van der Waals surface area contributed by atoms with E-state index in [0.29, 0.717) is 18.8 Å². The Hall–Kier alpha value is -3.31. The van der Waals surface area contributed by atoms with Gasteiger partial charge in [0.05, 0.1) is 17.1 Å². The van der Waals surface area contributed by atoms with E-state index in [4.69, 9.17) is 0 Å². The van der Waals surface area contributed by atoms with Crippen molar-refractivity contribution in [1.82, 2.24) is 24.5 Å². The molecule has 2 aromatic carbocycles. The summed E-state index contributed by atoms with van der Waals surface area (Å²) in [7, 11) is -3.52. The van der Waals surface area contributed by atoms with Gasteiger partial charge in [-0.1, -0.05) is 13.8 Å². The molecule has 1 heterocycles. The molecule has 1 aromatic heterocycles. The first kappa shape index (κ1) is 22.4. The van der Waals surface area contributed by atoms with Crippen molar-refractivity contribution in [2.45, 2.75) is 25.7 Å². The number of aryl methyl sites for hydroxylation is 1. The van der Waals surface area contributed by atoms with E-state index in [2.05, 4.69) is 26.2 Å². The van der Waals surface area contributed by atoms with E-state index in [1.165, 1.54) is 22.8 Å². The summed E-state index contributed by atoms with van der Waals surface area (Å²) in [6.07, 6.45) is 1.52. The number of tetrazole rings is 1. The summed E-state index contributed by atoms with van der Waals surface area (Å²) in [5.41, 5.74) is 3.10. The summed E-state index contributed by atoms with van der Waals surface area (Å²) in [4.78, 5) is 12.5. The molecule has 0 saturated carbocycles. The zero-order valence-corrected chi connectivity index (χ0v) is 18.4. The van der Waals surface area contributed by atoms with Gasteiger partial charge in [0.25, 0.3) is 0 Å². The van der Waals surface area contributed by atoms with Crippen LogP contribution >= 0.6 is 0 Å². The van der Waals surface area contributed by atoms with Gasteiger partial charge in [0.2, 0.25) is 15.9 Å². The maximum absolute atomic E-state index is 12.5. The summed E-state index contributed by atoms with van der Waals surface area (Å²) < 4.78 is 28.0. The molecule has 0 aliphatic carbocycles. The van der Waals surface area contributed by atoms with Crippen molar-refractivity contribution in [3.8, 4) is 5.69 Å². The van der Waals surface area contributed by atoms with Crippen LogP contribution in [0.2, 0.25) is 0 Å². The molecule has 3 rings (SSSR count). The SMILES string of the molecule is CCN(CC)S(=O)(=O)c1ccc(NC(=O)CNc2ccc(-n3cnnn3)c(C)c2)cc1. The molecule has 2 N–H and O–H groups in total. The van der Waals surface area contributed by atoms with Crippen molar-refractivity contribution in [2.24, 2.45) is 0 Å². The molecule has 0 saturated heterocycles. The van der Waals surface area contributed by atoms with E-state index in [-0.39, 0.29) is 17.3 Å². The van der Waals surface area contributed by atoms with Gasteiger partial charge >= 0.3 is 0 Å². The van der Waals surface area contributed by atoms with Crippen LogP contribution in [0.1, 0.15) is 19.4 Å². The highest BCUT2D eigenvalue weighted by atomic mass is 32.2. The number of carbonyl (C=O) groups is 1. The van der Waals surface area contributed by atoms with E-state index < -0.39 is 10.0 Å². The van der Waals surface area contributed by atoms with Gasteiger partial charge in [0.1, 0.15) is 6.33 Å². The maximum Gasteiger partial charge on any atom is 0.243 e. The summed E-state index contributed by atoms with van der Waals surface area (Å²) in [5, 5.41) is 16.9. The minimum atomic E-state index is -3.52. The number of sulfonamides is 1. The minimum absolute atomic E-state index is 0.0587. The van der Waals surface area contributed by atoms with Crippen LogP contribution < -0.4 is 10.6 Å². The van der Waals surface area contributed by atoms with Gasteiger partial charge in [-0.05, 0) is 65.4 Å². The predicted molar refractivity (Wildman–Crippen MR) is 118 cm³/mol. The fourth-order valence-electron chi connectivity index (χ4n) is 3.10. The third-order valence-corrected chi connectivity index (χ3v) is 6.79. The Kier molecular flexibility index (Phi) is 6.98. The average molecular weight is 444 g/mol. The first-order valence-electron chi connectivity index (χ1n) is 9.83. The van der Waals surface area contributed by atoms with E-state index >= 15 is 0 Å². The van der Waals surface area contributed by atoms with E-state index in [0.717, 1.165) is 16.9 Å². The molecular weight excluding hydrogens is 418 g/mol. The second-order valence-corrected chi connectivity index (χ2v) is 8.71. The minimum Gasteiger partial charge on any atom is -0.376 e. The molecule has 11 heteroatoms. The molecule has 0 fully saturated rings. The van der Waals surface area contributed by atoms with Crippen LogP contribution in [0.4, 0.5) is 11.4 Å². The molecule has 31 heavy (non-hydrogen) atoms. The van der Waals surface area contributed by atoms with Crippen LogP contribution in [0.25, 0.3) is 5.69 Å². The number of hydrogen-bond acceptors (Lipinski definition) is 7. The molecule has 10 nitrogen and oxygen atoms in total. The monoisotopic (exact) mass is 443 g/mol. The molecule has 0 aliphatic rings. The van der Waals surface area contributed by atoms with Gasteiger partial charge in [0.15, 0.2) is 0 Å². The molecule has 1 amide bonds. The number of aromatic nitrogens is 4. The third-order valence-electron chi connectivity index (χ3n) is 4.73. The van der Waals surface area contributed by atoms with Gasteiger partial charge in [-0.25, -0.2) is 13.1 Å². The van der Waals surface area contributed by atoms with Crippen LogP contribution in [0.3, 0.4) is 0 Å². The molecule has 0 radical (unpaired) electrons. The van der Waals surface area contributed by atoms with Crippen molar-refractivity contribution >= 4 is 27.3 Å². The number of nitrogens with one attached hydrogen (secondary N) is 2. The maximum atomic E-state index is 12.5. The van der Waals surface area contributed by atoms with Gasteiger partial charge < -0.3 is 10.6 Å². The Morgan fingerprint density at radius 2 is 1.74 bits per heavy atom. The number of nitrogens with zero attached hydrogens (tertiary/aromatic N) is 5. The Bertz CT molecular complexity index is 1130. The van der Waals surface area contributed by atoms with Crippen molar-refractivity contribution in [3.63, 3.8) is 0 Å². The van der Waals surface area contributed by atoms with Crippen LogP contribution in [-0.4, -0.2) is 58.5 Å². The Labute approximate surface area is 181 Å². The molecule has 0 aliphatic heterocycles. The first-order chi connectivity index (χ1) is 14.8. The largest absolute Gasteiger partial charge is 0.376 e. The Morgan fingerprint density at radius 3 is 2.32 bits per heavy atom. The molecule has 3 aromatic rings. The Morgan fingerprint density at radius 1 is 1.06 bits per heavy atom. The number of hydrogen-bond donors (Lipinski definition) is 2. The summed E-state index contributed by atoms with van der Waals surface area (Å²) in [5.74, 6) is -0.249. The third kappa shape index (κ3) is 5.25. The second kappa shape index (κ2) is 9.67. The van der Waals surface area contributed by atoms with Gasteiger partial charge in [-0.2, -0.15) is 4.31 Å². The van der Waals surface area contributed by atoms with Gasteiger partial charge in [0, 0.05) is 24.5 Å². The number of amides is 1. The fourth-order valence-corrected chi connectivity index (χ4v) is 4.56. The highest BCUT2D eigenvalue weighted by molar-refractivity contribution is 7.89. The van der Waals surface area contributed by atoms with Crippen LogP contribution in [0, 0.1) is 6.92 Å². The molecule has 0 unspecified atom stereocenters. The smallest absolute Gasteiger partial charge is 0.243 e. The lowest BCUT2D eigenvalue weighted by atomic mass is 10.2. The predicted octanol–water partition coefficient (Wildman–Crippen LogP) is 2.05. The van der Waals surface area contributed by atoms with Gasteiger partial charge in [-0.15, -0.1) is 5.10 Å². The van der Waals surface area contributed by atoms with E-state index in [1.807, 2.05) is 25.1 Å². The van der Waals surface area contributed by atoms with Crippen LogP contribution in [0.15, 0.2) is 53.7 Å². The standard InChI is InChI=1S/C20H25N7O3S/c1-4-26(5-2)31(29,30)18-9-6-16(7-10-18)23-20(28)13-21-17-8-11-19(15(3)12-17)27-14-22-24-25-27/h6-12,14,21H,4-5,13H2,1-3H3,(H,23,28).